The lowest BCUT2D eigenvalue weighted by atomic mass is 10.1. The molecule has 1 aliphatic heterocycles. The van der Waals surface area contributed by atoms with Crippen molar-refractivity contribution in [3.63, 3.8) is 0 Å². The maximum absolute atomic E-state index is 12.9. The summed E-state index contributed by atoms with van der Waals surface area (Å²) in [5, 5.41) is 3.89. The Balaban J connectivity index is 1.23. The Morgan fingerprint density at radius 3 is 2.56 bits per heavy atom. The highest BCUT2D eigenvalue weighted by atomic mass is 16.2. The van der Waals surface area contributed by atoms with Crippen LogP contribution in [0.15, 0.2) is 73.2 Å². The van der Waals surface area contributed by atoms with E-state index in [1.165, 1.54) is 6.20 Å². The zero-order chi connectivity index (χ0) is 23.5. The molecule has 0 unspecified atom stereocenters. The molecule has 4 heterocycles. The molecule has 1 fully saturated rings. The van der Waals surface area contributed by atoms with Crippen LogP contribution in [0.1, 0.15) is 10.4 Å². The first-order chi connectivity index (χ1) is 16.6. The van der Waals surface area contributed by atoms with Crippen LogP contribution >= 0.6 is 0 Å². The lowest BCUT2D eigenvalue weighted by Crippen LogP contribution is -2.50. The Kier molecular flexibility index (Phi) is 5.82. The molecule has 3 aromatic heterocycles. The number of carbonyl (C=O) groups is 2. The van der Waals surface area contributed by atoms with Crippen LogP contribution in [-0.4, -0.2) is 57.4 Å². The zero-order valence-electron chi connectivity index (χ0n) is 18.6. The molecule has 34 heavy (non-hydrogen) atoms. The van der Waals surface area contributed by atoms with E-state index in [9.17, 15) is 9.59 Å². The number of fused-ring (bicyclic) bond motifs is 1. The van der Waals surface area contributed by atoms with Gasteiger partial charge in [0.1, 0.15) is 18.0 Å². The van der Waals surface area contributed by atoms with Crippen molar-refractivity contribution in [1.82, 2.24) is 19.4 Å². The highest BCUT2D eigenvalue weighted by molar-refractivity contribution is 6.08. The molecule has 0 saturated carbocycles. The summed E-state index contributed by atoms with van der Waals surface area (Å²) >= 11 is 0. The lowest BCUT2D eigenvalue weighted by Gasteiger charge is -2.37. The number of rotatable bonds is 5. The largest absolute Gasteiger partial charge is 0.384 e. The average molecular weight is 456 g/mol. The third-order valence-electron chi connectivity index (χ3n) is 5.99. The van der Waals surface area contributed by atoms with Crippen molar-refractivity contribution in [2.75, 3.05) is 42.1 Å². The second-order valence-corrected chi connectivity index (χ2v) is 8.17. The van der Waals surface area contributed by atoms with Crippen molar-refractivity contribution in [2.24, 2.45) is 0 Å². The molecule has 1 saturated heterocycles. The summed E-state index contributed by atoms with van der Waals surface area (Å²) in [6, 6.07) is 16.7. The number of nitrogens with zero attached hydrogens (tertiary/aromatic N) is 5. The summed E-state index contributed by atoms with van der Waals surface area (Å²) in [5.74, 6) is 0.240. The predicted octanol–water partition coefficient (Wildman–Crippen LogP) is 2.61. The lowest BCUT2D eigenvalue weighted by molar-refractivity contribution is -0.132. The van der Waals surface area contributed by atoms with Crippen molar-refractivity contribution in [1.29, 1.82) is 0 Å². The number of nitrogens with one attached hydrogen (secondary N) is 1. The first-order valence-electron chi connectivity index (χ1n) is 11.1. The molecule has 2 amide bonds. The van der Waals surface area contributed by atoms with Gasteiger partial charge in [-0.15, -0.1) is 0 Å². The van der Waals surface area contributed by atoms with Crippen molar-refractivity contribution in [3.8, 4) is 0 Å². The summed E-state index contributed by atoms with van der Waals surface area (Å²) in [7, 11) is 0. The van der Waals surface area contributed by atoms with E-state index in [1.807, 2.05) is 52.1 Å². The minimum Gasteiger partial charge on any atom is -0.384 e. The number of benzene rings is 1. The Morgan fingerprint density at radius 1 is 0.941 bits per heavy atom. The van der Waals surface area contributed by atoms with Gasteiger partial charge in [-0.3, -0.25) is 9.59 Å². The quantitative estimate of drug-likeness (QED) is 0.479. The highest BCUT2D eigenvalue weighted by Crippen LogP contribution is 2.23. The fourth-order valence-electron chi connectivity index (χ4n) is 4.21. The van der Waals surface area contributed by atoms with Gasteiger partial charge < -0.3 is 25.4 Å². The average Bonchev–Trinajstić information content (AvgIpc) is 3.28. The smallest absolute Gasteiger partial charge is 0.257 e. The van der Waals surface area contributed by atoms with Crippen LogP contribution in [0.3, 0.4) is 0 Å². The Hall–Kier alpha value is -4.40. The molecule has 4 aromatic rings. The second-order valence-electron chi connectivity index (χ2n) is 8.17. The summed E-state index contributed by atoms with van der Waals surface area (Å²) in [4.78, 5) is 38.3. The highest BCUT2D eigenvalue weighted by Gasteiger charge is 2.24. The van der Waals surface area contributed by atoms with E-state index in [-0.39, 0.29) is 18.4 Å². The normalized spacial score (nSPS) is 13.8. The van der Waals surface area contributed by atoms with Crippen LogP contribution < -0.4 is 16.0 Å². The number of carbonyl (C=O) groups excluding carboxylic acids is 2. The van der Waals surface area contributed by atoms with Gasteiger partial charge in [0.05, 0.1) is 17.4 Å². The monoisotopic (exact) mass is 455 g/mol. The molecule has 0 bridgehead atoms. The molecule has 0 aliphatic carbocycles. The number of aromatic nitrogens is 3. The number of para-hydroxylation sites is 1. The van der Waals surface area contributed by atoms with Gasteiger partial charge in [0.15, 0.2) is 0 Å². The number of hydrogen-bond acceptors (Lipinski definition) is 6. The summed E-state index contributed by atoms with van der Waals surface area (Å²) in [6.07, 6.45) is 5.17. The first-order valence-corrected chi connectivity index (χ1v) is 11.1. The Morgan fingerprint density at radius 2 is 1.76 bits per heavy atom. The maximum Gasteiger partial charge on any atom is 0.257 e. The van der Waals surface area contributed by atoms with E-state index >= 15 is 0 Å². The van der Waals surface area contributed by atoms with Crippen LogP contribution in [0.4, 0.5) is 17.2 Å². The second kappa shape index (κ2) is 9.22. The standard InChI is InChI=1S/C25H25N7O2/c26-22-8-7-19(16-28-22)29-25(34)20-5-1-2-6-21(20)30-12-14-31(15-13-30)23(33)17-32-11-9-18-4-3-10-27-24(18)32/h1-11,16H,12-15,17H2,(H2,26,28)(H,29,34). The van der Waals surface area contributed by atoms with E-state index < -0.39 is 0 Å². The molecule has 9 heteroatoms. The molecule has 1 aromatic carbocycles. The van der Waals surface area contributed by atoms with Gasteiger partial charge in [-0.1, -0.05) is 12.1 Å². The molecule has 1 aliphatic rings. The number of nitrogen functional groups attached to an aromatic ring is 1. The van der Waals surface area contributed by atoms with Gasteiger partial charge in [-0.2, -0.15) is 0 Å². The topological polar surface area (TPSA) is 109 Å². The number of nitrogens with two attached hydrogens (primary N) is 1. The van der Waals surface area contributed by atoms with Gasteiger partial charge in [0.2, 0.25) is 5.91 Å². The van der Waals surface area contributed by atoms with Crippen LogP contribution in [0.25, 0.3) is 11.0 Å². The fourth-order valence-corrected chi connectivity index (χ4v) is 4.21. The van der Waals surface area contributed by atoms with Crippen LogP contribution in [0.5, 0.6) is 0 Å². The van der Waals surface area contributed by atoms with Crippen molar-refractivity contribution in [3.05, 3.63) is 78.8 Å². The molecular formula is C25H25N7O2. The molecule has 0 spiro atoms. The van der Waals surface area contributed by atoms with E-state index in [4.69, 9.17) is 5.73 Å². The van der Waals surface area contributed by atoms with Crippen molar-refractivity contribution < 1.29 is 9.59 Å². The molecule has 0 radical (unpaired) electrons. The summed E-state index contributed by atoms with van der Waals surface area (Å²) in [5.41, 5.74) is 8.43. The fraction of sp³-hybridized carbons (Fsp3) is 0.200. The van der Waals surface area contributed by atoms with Crippen LogP contribution in [0.2, 0.25) is 0 Å². The molecule has 172 valence electrons. The molecule has 3 N–H and O–H groups in total. The van der Waals surface area contributed by atoms with Gasteiger partial charge in [-0.25, -0.2) is 9.97 Å². The molecule has 9 nitrogen and oxygen atoms in total. The number of pyridine rings is 2. The SMILES string of the molecule is Nc1ccc(NC(=O)c2ccccc2N2CCN(C(=O)Cn3ccc4cccnc43)CC2)cn1. The number of anilines is 3. The number of piperazine rings is 1. The van der Waals surface area contributed by atoms with Crippen LogP contribution in [-0.2, 0) is 11.3 Å². The molecule has 0 atom stereocenters. The first kappa shape index (κ1) is 21.4. The Bertz CT molecular complexity index is 1320. The Labute approximate surface area is 196 Å². The van der Waals surface area contributed by atoms with Gasteiger partial charge >= 0.3 is 0 Å². The van der Waals surface area contributed by atoms with E-state index in [1.54, 1.807) is 24.4 Å². The number of amides is 2. The molecule has 5 rings (SSSR count). The third kappa shape index (κ3) is 4.40. The zero-order valence-corrected chi connectivity index (χ0v) is 18.6. The molecular weight excluding hydrogens is 430 g/mol. The van der Waals surface area contributed by atoms with E-state index in [2.05, 4.69) is 20.2 Å². The van der Waals surface area contributed by atoms with Crippen molar-refractivity contribution in [2.45, 2.75) is 6.54 Å². The maximum atomic E-state index is 12.9. The van der Waals surface area contributed by atoms with E-state index in [0.29, 0.717) is 43.2 Å². The summed E-state index contributed by atoms with van der Waals surface area (Å²) in [6.45, 7) is 2.72. The van der Waals surface area contributed by atoms with Gasteiger partial charge in [0, 0.05) is 49.6 Å². The van der Waals surface area contributed by atoms with Gasteiger partial charge in [0.25, 0.3) is 5.91 Å². The van der Waals surface area contributed by atoms with E-state index in [0.717, 1.165) is 16.7 Å². The predicted molar refractivity (Wildman–Crippen MR) is 132 cm³/mol. The minimum absolute atomic E-state index is 0.0599. The number of hydrogen-bond donors (Lipinski definition) is 2. The van der Waals surface area contributed by atoms with Crippen molar-refractivity contribution >= 4 is 40.0 Å². The van der Waals surface area contributed by atoms with Crippen LogP contribution in [0, 0.1) is 0 Å². The minimum atomic E-state index is -0.215. The van der Waals surface area contributed by atoms with Gasteiger partial charge in [-0.05, 0) is 42.5 Å². The third-order valence-corrected chi connectivity index (χ3v) is 5.99. The summed E-state index contributed by atoms with van der Waals surface area (Å²) < 4.78 is 1.88.